The molecule has 0 aliphatic carbocycles. The van der Waals surface area contributed by atoms with Gasteiger partial charge in [0.2, 0.25) is 0 Å². The molecule has 0 amide bonds. The number of hydrogen-bond acceptors (Lipinski definition) is 0. The molecule has 1 aliphatic heterocycles. The van der Waals surface area contributed by atoms with Crippen molar-refractivity contribution in [1.82, 2.24) is 9.13 Å². The first kappa shape index (κ1) is 12.5. The van der Waals surface area contributed by atoms with Crippen molar-refractivity contribution in [3.63, 3.8) is 0 Å². The Morgan fingerprint density at radius 1 is 0.522 bits per heavy atom. The second kappa shape index (κ2) is 4.75. The van der Waals surface area contributed by atoms with Gasteiger partial charge in [-0.1, -0.05) is 36.4 Å². The van der Waals surface area contributed by atoms with E-state index >= 15 is 0 Å². The molecule has 110 valence electrons. The predicted molar refractivity (Wildman–Crippen MR) is 93.3 cm³/mol. The molecule has 0 saturated carbocycles. The molecule has 0 spiro atoms. The molecule has 0 radical (unpaired) electrons. The summed E-state index contributed by atoms with van der Waals surface area (Å²) in [6.07, 6.45) is 5.24. The summed E-state index contributed by atoms with van der Waals surface area (Å²) in [7, 11) is 0. The fourth-order valence-corrected chi connectivity index (χ4v) is 3.60. The third-order valence-electron chi connectivity index (χ3n) is 4.65. The Morgan fingerprint density at radius 3 is 1.52 bits per heavy atom. The van der Waals surface area contributed by atoms with Crippen LogP contribution in [0.15, 0.2) is 85.2 Å². The van der Waals surface area contributed by atoms with Gasteiger partial charge in [-0.3, -0.25) is 0 Å². The summed E-state index contributed by atoms with van der Waals surface area (Å²) in [6.45, 7) is 0. The molecule has 0 fully saturated rings. The van der Waals surface area contributed by atoms with Crippen LogP contribution in [0.2, 0.25) is 0 Å². The van der Waals surface area contributed by atoms with Crippen LogP contribution in [-0.2, 0) is 6.42 Å². The smallest absolute Gasteiger partial charge is 0.0531 e. The highest BCUT2D eigenvalue weighted by atomic mass is 15.0. The van der Waals surface area contributed by atoms with E-state index in [1.807, 2.05) is 0 Å². The highest BCUT2D eigenvalue weighted by Gasteiger charge is 2.17. The normalized spacial score (nSPS) is 12.2. The number of para-hydroxylation sites is 2. The van der Waals surface area contributed by atoms with Crippen LogP contribution in [0.25, 0.3) is 22.5 Å². The summed E-state index contributed by atoms with van der Waals surface area (Å²) in [5.41, 5.74) is 7.64. The van der Waals surface area contributed by atoms with Gasteiger partial charge in [0.25, 0.3) is 0 Å². The standard InChI is InChI=1S/C21H16N2/c1-3-11-20-18(9-1)19-10-2-4-12-21(19)23-14-6-8-17(23)15-16-7-5-13-22(16)20/h1-14H,15H2. The van der Waals surface area contributed by atoms with Crippen molar-refractivity contribution in [3.8, 4) is 22.5 Å². The van der Waals surface area contributed by atoms with E-state index in [1.165, 1.54) is 33.9 Å². The lowest BCUT2D eigenvalue weighted by atomic mass is 10.0. The highest BCUT2D eigenvalue weighted by Crippen LogP contribution is 2.35. The molecule has 2 nitrogen and oxygen atoms in total. The Kier molecular flexibility index (Phi) is 2.59. The van der Waals surface area contributed by atoms with Gasteiger partial charge in [0.05, 0.1) is 11.4 Å². The lowest BCUT2D eigenvalue weighted by Gasteiger charge is -2.15. The summed E-state index contributed by atoms with van der Waals surface area (Å²) in [5, 5.41) is 0. The lowest BCUT2D eigenvalue weighted by molar-refractivity contribution is 0.905. The minimum Gasteiger partial charge on any atom is -0.320 e. The summed E-state index contributed by atoms with van der Waals surface area (Å²) in [6, 6.07) is 26.0. The van der Waals surface area contributed by atoms with Crippen molar-refractivity contribution >= 4 is 0 Å². The highest BCUT2D eigenvalue weighted by molar-refractivity contribution is 5.80. The van der Waals surface area contributed by atoms with Crippen molar-refractivity contribution in [2.24, 2.45) is 0 Å². The summed E-state index contributed by atoms with van der Waals surface area (Å²) >= 11 is 0. The maximum absolute atomic E-state index is 2.31. The molecule has 0 saturated heterocycles. The van der Waals surface area contributed by atoms with Crippen LogP contribution in [0.5, 0.6) is 0 Å². The van der Waals surface area contributed by atoms with Crippen LogP contribution in [0.1, 0.15) is 11.4 Å². The Hall–Kier alpha value is -3.00. The first-order valence-electron chi connectivity index (χ1n) is 7.93. The molecule has 2 heteroatoms. The molecule has 3 heterocycles. The lowest BCUT2D eigenvalue weighted by Crippen LogP contribution is -2.02. The molecule has 2 aromatic carbocycles. The zero-order chi connectivity index (χ0) is 15.2. The largest absolute Gasteiger partial charge is 0.320 e. The topological polar surface area (TPSA) is 9.86 Å². The predicted octanol–water partition coefficient (Wildman–Crippen LogP) is 4.84. The van der Waals surface area contributed by atoms with Crippen LogP contribution in [-0.4, -0.2) is 9.13 Å². The number of rotatable bonds is 0. The van der Waals surface area contributed by atoms with Gasteiger partial charge in [0.15, 0.2) is 0 Å². The quantitative estimate of drug-likeness (QED) is 0.387. The molecule has 1 aliphatic rings. The Balaban J connectivity index is 1.94. The molecule has 0 unspecified atom stereocenters. The second-order valence-corrected chi connectivity index (χ2v) is 5.95. The maximum atomic E-state index is 2.31. The first-order valence-corrected chi connectivity index (χ1v) is 7.93. The minimum absolute atomic E-state index is 0.919. The number of fused-ring (bicyclic) bond motifs is 7. The Bertz CT molecular complexity index is 922. The number of nitrogens with zero attached hydrogens (tertiary/aromatic N) is 2. The van der Waals surface area contributed by atoms with Crippen LogP contribution in [0.3, 0.4) is 0 Å². The molecule has 4 aromatic rings. The van der Waals surface area contributed by atoms with E-state index < -0.39 is 0 Å². The molecular formula is C21H16N2. The van der Waals surface area contributed by atoms with Crippen molar-refractivity contribution in [2.75, 3.05) is 0 Å². The molecule has 2 aromatic heterocycles. The van der Waals surface area contributed by atoms with Gasteiger partial charge in [0, 0.05) is 41.3 Å². The Morgan fingerprint density at radius 2 is 1.00 bits per heavy atom. The number of hydrogen-bond donors (Lipinski definition) is 0. The van der Waals surface area contributed by atoms with Gasteiger partial charge < -0.3 is 9.13 Å². The minimum atomic E-state index is 0.919. The maximum Gasteiger partial charge on any atom is 0.0531 e. The number of aromatic nitrogens is 2. The third kappa shape index (κ3) is 1.82. The third-order valence-corrected chi connectivity index (χ3v) is 4.65. The molecular weight excluding hydrogens is 280 g/mol. The van der Waals surface area contributed by atoms with E-state index in [0.29, 0.717) is 0 Å². The van der Waals surface area contributed by atoms with Crippen molar-refractivity contribution in [1.29, 1.82) is 0 Å². The van der Waals surface area contributed by atoms with E-state index in [-0.39, 0.29) is 0 Å². The van der Waals surface area contributed by atoms with Gasteiger partial charge in [-0.15, -0.1) is 0 Å². The van der Waals surface area contributed by atoms with Crippen LogP contribution in [0, 0.1) is 0 Å². The summed E-state index contributed by atoms with van der Waals surface area (Å²) in [4.78, 5) is 0. The molecule has 0 N–H and O–H groups in total. The molecule has 0 bridgehead atoms. The van der Waals surface area contributed by atoms with E-state index in [9.17, 15) is 0 Å². The summed E-state index contributed by atoms with van der Waals surface area (Å²) < 4.78 is 4.63. The molecule has 23 heavy (non-hydrogen) atoms. The van der Waals surface area contributed by atoms with Crippen molar-refractivity contribution in [3.05, 3.63) is 96.6 Å². The van der Waals surface area contributed by atoms with Crippen LogP contribution >= 0.6 is 0 Å². The fourth-order valence-electron chi connectivity index (χ4n) is 3.60. The molecule has 0 atom stereocenters. The second-order valence-electron chi connectivity index (χ2n) is 5.95. The zero-order valence-electron chi connectivity index (χ0n) is 12.7. The van der Waals surface area contributed by atoms with Crippen LogP contribution in [0.4, 0.5) is 0 Å². The average Bonchev–Trinajstić information content (AvgIpc) is 3.24. The van der Waals surface area contributed by atoms with E-state index in [0.717, 1.165) is 6.42 Å². The van der Waals surface area contributed by atoms with Crippen molar-refractivity contribution < 1.29 is 0 Å². The monoisotopic (exact) mass is 296 g/mol. The van der Waals surface area contributed by atoms with E-state index in [2.05, 4.69) is 94.3 Å². The Labute approximate surface area is 135 Å². The van der Waals surface area contributed by atoms with Gasteiger partial charge in [-0.2, -0.15) is 0 Å². The first-order chi connectivity index (χ1) is 11.4. The SMILES string of the molecule is c1ccc2c(c1)-c1ccccc1-n1cccc1Cc1cccn1-2. The van der Waals surface area contributed by atoms with Gasteiger partial charge in [-0.05, 0) is 36.4 Å². The van der Waals surface area contributed by atoms with E-state index in [1.54, 1.807) is 0 Å². The average molecular weight is 296 g/mol. The van der Waals surface area contributed by atoms with Gasteiger partial charge in [-0.25, -0.2) is 0 Å². The number of benzene rings is 2. The van der Waals surface area contributed by atoms with E-state index in [4.69, 9.17) is 0 Å². The van der Waals surface area contributed by atoms with Gasteiger partial charge >= 0.3 is 0 Å². The van der Waals surface area contributed by atoms with Crippen molar-refractivity contribution in [2.45, 2.75) is 6.42 Å². The zero-order valence-corrected chi connectivity index (χ0v) is 12.7. The summed E-state index contributed by atoms with van der Waals surface area (Å²) in [5.74, 6) is 0. The van der Waals surface area contributed by atoms with Crippen LogP contribution < -0.4 is 0 Å². The van der Waals surface area contributed by atoms with Gasteiger partial charge in [0.1, 0.15) is 0 Å². The fraction of sp³-hybridized carbons (Fsp3) is 0.0476. The molecule has 5 rings (SSSR count).